The second-order valence-electron chi connectivity index (χ2n) is 8.53. The van der Waals surface area contributed by atoms with E-state index in [9.17, 15) is 9.59 Å². The molecule has 2 aromatic rings. The lowest BCUT2D eigenvalue weighted by Crippen LogP contribution is -2.28. The highest BCUT2D eigenvalue weighted by Crippen LogP contribution is 2.52. The molecule has 3 aliphatic rings. The van der Waals surface area contributed by atoms with Crippen molar-refractivity contribution in [3.8, 4) is 11.5 Å². The van der Waals surface area contributed by atoms with Crippen molar-refractivity contribution in [2.75, 3.05) is 7.11 Å². The molecule has 0 radical (unpaired) electrons. The normalized spacial score (nSPS) is 25.8. The number of hydrogen-bond donors (Lipinski definition) is 0. The number of nitrogens with zero attached hydrogens (tertiary/aromatic N) is 2. The van der Waals surface area contributed by atoms with Crippen molar-refractivity contribution < 1.29 is 19.1 Å². The summed E-state index contributed by atoms with van der Waals surface area (Å²) in [5, 5.41) is 5.30. The molecule has 1 saturated carbocycles. The summed E-state index contributed by atoms with van der Waals surface area (Å²) in [6.07, 6.45) is 6.56. The van der Waals surface area contributed by atoms with Gasteiger partial charge in [-0.3, -0.25) is 9.59 Å². The predicted octanol–water partition coefficient (Wildman–Crippen LogP) is 4.49. The van der Waals surface area contributed by atoms with Crippen LogP contribution in [0.25, 0.3) is 0 Å². The molecular weight excluding hydrogens is 472 g/mol. The molecule has 0 aromatic heterocycles. The van der Waals surface area contributed by atoms with E-state index in [4.69, 9.17) is 9.47 Å². The van der Waals surface area contributed by atoms with E-state index in [0.717, 1.165) is 21.5 Å². The zero-order valence-electron chi connectivity index (χ0n) is 17.8. The maximum Gasteiger partial charge on any atom is 0.254 e. The second-order valence-corrected chi connectivity index (χ2v) is 9.39. The Kier molecular flexibility index (Phi) is 5.37. The summed E-state index contributed by atoms with van der Waals surface area (Å²) in [4.78, 5) is 25.6. The van der Waals surface area contributed by atoms with Gasteiger partial charge in [-0.15, -0.1) is 0 Å². The lowest BCUT2D eigenvalue weighted by molar-refractivity contribution is -0.140. The van der Waals surface area contributed by atoms with E-state index in [0.29, 0.717) is 23.7 Å². The van der Waals surface area contributed by atoms with Crippen molar-refractivity contribution in [1.82, 2.24) is 5.01 Å². The Labute approximate surface area is 195 Å². The SMILES string of the molecule is COc1cc(C=NN2C(=O)[C@@H]3[C@H](C2=O)[C@H]2C=C[C@H]3C2)c(Br)cc1OCc1ccc(C)cc1. The topological polar surface area (TPSA) is 68.2 Å². The van der Waals surface area contributed by atoms with Crippen LogP contribution in [0.2, 0.25) is 0 Å². The number of fused-ring (bicyclic) bond motifs is 5. The lowest BCUT2D eigenvalue weighted by atomic mass is 9.85. The van der Waals surface area contributed by atoms with Crippen LogP contribution < -0.4 is 9.47 Å². The number of hydrazone groups is 1. The summed E-state index contributed by atoms with van der Waals surface area (Å²) < 4.78 is 12.2. The average Bonchev–Trinajstić information content (AvgIpc) is 3.47. The molecule has 5 rings (SSSR count). The van der Waals surface area contributed by atoms with Crippen molar-refractivity contribution in [3.05, 3.63) is 69.7 Å². The first-order chi connectivity index (χ1) is 15.5. The minimum atomic E-state index is -0.259. The van der Waals surface area contributed by atoms with Crippen molar-refractivity contribution in [2.45, 2.75) is 20.0 Å². The number of carbonyl (C=O) groups is 2. The van der Waals surface area contributed by atoms with E-state index in [2.05, 4.69) is 33.2 Å². The van der Waals surface area contributed by atoms with Gasteiger partial charge in [0.2, 0.25) is 0 Å². The Morgan fingerprint density at radius 1 is 1.06 bits per heavy atom. The Bertz CT molecular complexity index is 1110. The van der Waals surface area contributed by atoms with Crippen molar-refractivity contribution in [2.24, 2.45) is 28.8 Å². The number of imide groups is 1. The fourth-order valence-electron chi connectivity index (χ4n) is 4.89. The van der Waals surface area contributed by atoms with Gasteiger partial charge in [-0.1, -0.05) is 42.0 Å². The minimum absolute atomic E-state index is 0.165. The van der Waals surface area contributed by atoms with Gasteiger partial charge in [0.05, 0.1) is 25.2 Å². The zero-order chi connectivity index (χ0) is 22.4. The second kappa shape index (κ2) is 8.20. The molecule has 4 atom stereocenters. The largest absolute Gasteiger partial charge is 0.493 e. The highest BCUT2D eigenvalue weighted by atomic mass is 79.9. The van der Waals surface area contributed by atoms with Crippen LogP contribution in [0, 0.1) is 30.6 Å². The van der Waals surface area contributed by atoms with Gasteiger partial charge in [0.15, 0.2) is 11.5 Å². The van der Waals surface area contributed by atoms with Crippen LogP contribution in [0.4, 0.5) is 0 Å². The molecule has 32 heavy (non-hydrogen) atoms. The number of allylic oxidation sites excluding steroid dienone is 2. The van der Waals surface area contributed by atoms with Gasteiger partial charge in [-0.05, 0) is 58.8 Å². The van der Waals surface area contributed by atoms with Gasteiger partial charge in [-0.25, -0.2) is 0 Å². The Balaban J connectivity index is 1.33. The van der Waals surface area contributed by atoms with Gasteiger partial charge < -0.3 is 9.47 Å². The number of hydrogen-bond acceptors (Lipinski definition) is 5. The number of rotatable bonds is 6. The molecule has 2 fully saturated rings. The number of benzene rings is 2. The monoisotopic (exact) mass is 494 g/mol. The molecule has 6 nitrogen and oxygen atoms in total. The minimum Gasteiger partial charge on any atom is -0.493 e. The maximum atomic E-state index is 12.8. The van der Waals surface area contributed by atoms with Crippen LogP contribution in [-0.4, -0.2) is 30.1 Å². The number of ether oxygens (including phenoxy) is 2. The van der Waals surface area contributed by atoms with Crippen molar-refractivity contribution in [3.63, 3.8) is 0 Å². The van der Waals surface area contributed by atoms with Crippen LogP contribution in [0.15, 0.2) is 58.1 Å². The quantitative estimate of drug-likeness (QED) is 0.337. The maximum absolute atomic E-state index is 12.8. The summed E-state index contributed by atoms with van der Waals surface area (Å²) in [5.41, 5.74) is 2.93. The van der Waals surface area contributed by atoms with E-state index in [1.54, 1.807) is 19.2 Å². The lowest BCUT2D eigenvalue weighted by Gasteiger charge is -2.14. The van der Waals surface area contributed by atoms with Crippen molar-refractivity contribution in [1.29, 1.82) is 0 Å². The number of methoxy groups -OCH3 is 1. The molecule has 1 saturated heterocycles. The van der Waals surface area contributed by atoms with E-state index in [1.807, 2.05) is 31.2 Å². The molecule has 2 bridgehead atoms. The van der Waals surface area contributed by atoms with Gasteiger partial charge in [0, 0.05) is 10.0 Å². The van der Waals surface area contributed by atoms with Crippen LogP contribution in [-0.2, 0) is 16.2 Å². The summed E-state index contributed by atoms with van der Waals surface area (Å²) >= 11 is 3.54. The third kappa shape index (κ3) is 3.54. The highest BCUT2D eigenvalue weighted by Gasteiger charge is 2.59. The first-order valence-electron chi connectivity index (χ1n) is 10.6. The summed E-state index contributed by atoms with van der Waals surface area (Å²) in [7, 11) is 1.57. The molecule has 1 aliphatic heterocycles. The van der Waals surface area contributed by atoms with E-state index < -0.39 is 0 Å². The van der Waals surface area contributed by atoms with Crippen LogP contribution >= 0.6 is 15.9 Å². The fourth-order valence-corrected chi connectivity index (χ4v) is 5.31. The highest BCUT2D eigenvalue weighted by molar-refractivity contribution is 9.10. The van der Waals surface area contributed by atoms with E-state index in [-0.39, 0.29) is 35.5 Å². The first kappa shape index (κ1) is 20.9. The Hall–Kier alpha value is -2.93. The van der Waals surface area contributed by atoms with Gasteiger partial charge in [-0.2, -0.15) is 10.1 Å². The summed E-state index contributed by atoms with van der Waals surface area (Å²) in [6, 6.07) is 11.7. The fraction of sp³-hybridized carbons (Fsp3) is 0.320. The van der Waals surface area contributed by atoms with Gasteiger partial charge in [0.1, 0.15) is 6.61 Å². The van der Waals surface area contributed by atoms with Gasteiger partial charge >= 0.3 is 0 Å². The molecule has 2 aromatic carbocycles. The molecular formula is C25H23BrN2O4. The van der Waals surface area contributed by atoms with Crippen molar-refractivity contribution >= 4 is 34.0 Å². The number of aryl methyl sites for hydroxylation is 1. The first-order valence-corrected chi connectivity index (χ1v) is 11.4. The number of halogens is 1. The third-order valence-corrected chi connectivity index (χ3v) is 7.24. The molecule has 1 heterocycles. The molecule has 2 amide bonds. The van der Waals surface area contributed by atoms with E-state index >= 15 is 0 Å². The molecule has 2 aliphatic carbocycles. The summed E-state index contributed by atoms with van der Waals surface area (Å²) in [6.45, 7) is 2.45. The number of carbonyl (C=O) groups excluding carboxylic acids is 2. The average molecular weight is 495 g/mol. The van der Waals surface area contributed by atoms with Crippen LogP contribution in [0.1, 0.15) is 23.1 Å². The van der Waals surface area contributed by atoms with E-state index in [1.165, 1.54) is 11.8 Å². The smallest absolute Gasteiger partial charge is 0.254 e. The third-order valence-electron chi connectivity index (χ3n) is 6.56. The zero-order valence-corrected chi connectivity index (χ0v) is 19.4. The standard InChI is InChI=1S/C25H23BrN2O4/c1-14-3-5-15(6-4-14)13-32-21-11-19(26)18(10-20(21)31-2)12-27-28-24(29)22-16-7-8-17(9-16)23(22)25(28)30/h3-8,10-12,16-17,22-23H,9,13H2,1-2H3/t16-,17-,22-,23+/m0/s1. The number of amides is 2. The molecule has 0 spiro atoms. The molecule has 164 valence electrons. The predicted molar refractivity (Wildman–Crippen MR) is 123 cm³/mol. The molecule has 0 N–H and O–H groups in total. The molecule has 0 unspecified atom stereocenters. The molecule has 7 heteroatoms. The Morgan fingerprint density at radius 2 is 1.72 bits per heavy atom. The van der Waals surface area contributed by atoms with Crippen LogP contribution in [0.5, 0.6) is 11.5 Å². The van der Waals surface area contributed by atoms with Crippen LogP contribution in [0.3, 0.4) is 0 Å². The van der Waals surface area contributed by atoms with Gasteiger partial charge in [0.25, 0.3) is 11.8 Å². The summed E-state index contributed by atoms with van der Waals surface area (Å²) in [5.74, 6) is 0.540. The Morgan fingerprint density at radius 3 is 2.34 bits per heavy atom.